The number of benzene rings is 1. The maximum absolute atomic E-state index is 12.0. The molecule has 1 aliphatic rings. The highest BCUT2D eigenvalue weighted by Crippen LogP contribution is 2.27. The number of aliphatic hydroxyl groups excluding tert-OH is 1. The Balaban J connectivity index is 1.81. The summed E-state index contributed by atoms with van der Waals surface area (Å²) in [4.78, 5) is 14.9. The number of rotatable bonds is 6. The fraction of sp³-hybridized carbons (Fsp3) is 0.562. The highest BCUT2D eigenvalue weighted by atomic mass is 32.2. The van der Waals surface area contributed by atoms with Gasteiger partial charge in [-0.05, 0) is 55.9 Å². The Morgan fingerprint density at radius 3 is 2.90 bits per heavy atom. The molecular formula is C16H23NO2S. The summed E-state index contributed by atoms with van der Waals surface area (Å²) >= 11 is 1.60. The van der Waals surface area contributed by atoms with Gasteiger partial charge in [0.2, 0.25) is 5.91 Å². The van der Waals surface area contributed by atoms with E-state index in [0.29, 0.717) is 18.7 Å². The van der Waals surface area contributed by atoms with Crippen molar-refractivity contribution in [1.29, 1.82) is 0 Å². The van der Waals surface area contributed by atoms with Crippen LogP contribution in [0.1, 0.15) is 30.9 Å². The molecule has 0 bridgehead atoms. The molecule has 1 N–H and O–H groups in total. The first-order chi connectivity index (χ1) is 9.56. The van der Waals surface area contributed by atoms with Crippen molar-refractivity contribution in [2.45, 2.75) is 43.6 Å². The van der Waals surface area contributed by atoms with Crippen LogP contribution in [0.3, 0.4) is 0 Å². The molecule has 110 valence electrons. The van der Waals surface area contributed by atoms with Gasteiger partial charge >= 0.3 is 0 Å². The lowest BCUT2D eigenvalue weighted by molar-refractivity contribution is -0.127. The standard InChI is InChI=1S/C16H23NO2S/c1-12(18)8-9-17(2)16(19)11-20-15-7-6-13-4-3-5-14(13)10-15/h6-7,10,12,18H,3-5,8-9,11H2,1-2H3. The summed E-state index contributed by atoms with van der Waals surface area (Å²) < 4.78 is 0. The number of hydrogen-bond donors (Lipinski definition) is 1. The van der Waals surface area contributed by atoms with Gasteiger partial charge in [0.15, 0.2) is 0 Å². The number of amides is 1. The molecule has 4 heteroatoms. The maximum Gasteiger partial charge on any atom is 0.232 e. The minimum atomic E-state index is -0.352. The van der Waals surface area contributed by atoms with Crippen LogP contribution >= 0.6 is 11.8 Å². The van der Waals surface area contributed by atoms with E-state index in [4.69, 9.17) is 0 Å². The monoisotopic (exact) mass is 293 g/mol. The number of carbonyl (C=O) groups excluding carboxylic acids is 1. The summed E-state index contributed by atoms with van der Waals surface area (Å²) in [6.07, 6.45) is 3.90. The first-order valence-corrected chi connectivity index (χ1v) is 8.21. The Bertz CT molecular complexity index is 474. The van der Waals surface area contributed by atoms with E-state index in [1.165, 1.54) is 35.3 Å². The molecule has 1 unspecified atom stereocenters. The Morgan fingerprint density at radius 1 is 1.40 bits per heavy atom. The van der Waals surface area contributed by atoms with Crippen LogP contribution in [0.25, 0.3) is 0 Å². The molecule has 1 aliphatic carbocycles. The number of aryl methyl sites for hydroxylation is 2. The molecule has 0 aliphatic heterocycles. The third-order valence-electron chi connectivity index (χ3n) is 3.74. The molecule has 0 spiro atoms. The minimum absolute atomic E-state index is 0.121. The number of nitrogens with zero attached hydrogens (tertiary/aromatic N) is 1. The molecule has 0 radical (unpaired) electrons. The highest BCUT2D eigenvalue weighted by Gasteiger charge is 2.13. The molecule has 3 nitrogen and oxygen atoms in total. The van der Waals surface area contributed by atoms with E-state index in [0.717, 1.165) is 0 Å². The van der Waals surface area contributed by atoms with Crippen molar-refractivity contribution in [3.05, 3.63) is 29.3 Å². The number of aliphatic hydroxyl groups is 1. The summed E-state index contributed by atoms with van der Waals surface area (Å²) in [5.41, 5.74) is 2.92. The predicted octanol–water partition coefficient (Wildman–Crippen LogP) is 2.50. The summed E-state index contributed by atoms with van der Waals surface area (Å²) in [6, 6.07) is 6.56. The number of fused-ring (bicyclic) bond motifs is 1. The third kappa shape index (κ3) is 4.25. The Hall–Kier alpha value is -1.00. The van der Waals surface area contributed by atoms with E-state index in [2.05, 4.69) is 18.2 Å². The predicted molar refractivity (Wildman–Crippen MR) is 83.1 cm³/mol. The molecule has 0 aromatic heterocycles. The average Bonchev–Trinajstić information content (AvgIpc) is 2.89. The van der Waals surface area contributed by atoms with Gasteiger partial charge in [0, 0.05) is 18.5 Å². The average molecular weight is 293 g/mol. The van der Waals surface area contributed by atoms with Gasteiger partial charge in [0.1, 0.15) is 0 Å². The van der Waals surface area contributed by atoms with Crippen molar-refractivity contribution in [2.75, 3.05) is 19.3 Å². The van der Waals surface area contributed by atoms with Gasteiger partial charge in [-0.15, -0.1) is 11.8 Å². The topological polar surface area (TPSA) is 40.5 Å². The van der Waals surface area contributed by atoms with Crippen LogP contribution < -0.4 is 0 Å². The molecular weight excluding hydrogens is 270 g/mol. The third-order valence-corrected chi connectivity index (χ3v) is 4.72. The van der Waals surface area contributed by atoms with Crippen molar-refractivity contribution >= 4 is 17.7 Å². The highest BCUT2D eigenvalue weighted by molar-refractivity contribution is 8.00. The van der Waals surface area contributed by atoms with Crippen LogP contribution in [-0.4, -0.2) is 41.4 Å². The molecule has 20 heavy (non-hydrogen) atoms. The maximum atomic E-state index is 12.0. The molecule has 1 aromatic rings. The second-order valence-electron chi connectivity index (χ2n) is 5.53. The van der Waals surface area contributed by atoms with E-state index in [1.807, 2.05) is 0 Å². The van der Waals surface area contributed by atoms with E-state index in [1.54, 1.807) is 30.6 Å². The number of hydrogen-bond acceptors (Lipinski definition) is 3. The largest absolute Gasteiger partial charge is 0.393 e. The Kier molecular flexibility index (Phi) is 5.49. The van der Waals surface area contributed by atoms with Crippen molar-refractivity contribution in [2.24, 2.45) is 0 Å². The van der Waals surface area contributed by atoms with Crippen molar-refractivity contribution in [1.82, 2.24) is 4.90 Å². The summed E-state index contributed by atoms with van der Waals surface area (Å²) in [7, 11) is 1.80. The summed E-state index contributed by atoms with van der Waals surface area (Å²) in [5.74, 6) is 0.589. The lowest BCUT2D eigenvalue weighted by Crippen LogP contribution is -2.30. The first kappa shape index (κ1) is 15.4. The SMILES string of the molecule is CC(O)CCN(C)C(=O)CSc1ccc2c(c1)CCC2. The number of thioether (sulfide) groups is 1. The van der Waals surface area contributed by atoms with Crippen LogP contribution in [0.2, 0.25) is 0 Å². The lowest BCUT2D eigenvalue weighted by Gasteiger charge is -2.17. The zero-order valence-electron chi connectivity index (χ0n) is 12.3. The van der Waals surface area contributed by atoms with Gasteiger partial charge in [0.05, 0.1) is 11.9 Å². The van der Waals surface area contributed by atoms with Crippen molar-refractivity contribution in [3.8, 4) is 0 Å². The van der Waals surface area contributed by atoms with Crippen LogP contribution in [-0.2, 0) is 17.6 Å². The van der Waals surface area contributed by atoms with E-state index in [-0.39, 0.29) is 12.0 Å². The van der Waals surface area contributed by atoms with E-state index < -0.39 is 0 Å². The smallest absolute Gasteiger partial charge is 0.232 e. The molecule has 1 aromatic carbocycles. The fourth-order valence-electron chi connectivity index (χ4n) is 2.40. The minimum Gasteiger partial charge on any atom is -0.393 e. The van der Waals surface area contributed by atoms with Crippen LogP contribution in [0.15, 0.2) is 23.1 Å². The second-order valence-corrected chi connectivity index (χ2v) is 6.57. The molecule has 1 amide bonds. The van der Waals surface area contributed by atoms with Crippen LogP contribution in [0.4, 0.5) is 0 Å². The van der Waals surface area contributed by atoms with Crippen molar-refractivity contribution in [3.63, 3.8) is 0 Å². The molecule has 2 rings (SSSR count). The first-order valence-electron chi connectivity index (χ1n) is 7.23. The van der Waals surface area contributed by atoms with Crippen LogP contribution in [0.5, 0.6) is 0 Å². The molecule has 0 saturated carbocycles. The molecule has 0 heterocycles. The van der Waals surface area contributed by atoms with Crippen LogP contribution in [0, 0.1) is 0 Å². The lowest BCUT2D eigenvalue weighted by atomic mass is 10.1. The quantitative estimate of drug-likeness (QED) is 0.819. The van der Waals surface area contributed by atoms with E-state index in [9.17, 15) is 9.90 Å². The summed E-state index contributed by atoms with van der Waals surface area (Å²) in [6.45, 7) is 2.36. The Morgan fingerprint density at radius 2 is 2.15 bits per heavy atom. The van der Waals surface area contributed by atoms with Gasteiger partial charge < -0.3 is 10.0 Å². The van der Waals surface area contributed by atoms with Gasteiger partial charge in [-0.25, -0.2) is 0 Å². The fourth-order valence-corrected chi connectivity index (χ4v) is 3.30. The van der Waals surface area contributed by atoms with E-state index >= 15 is 0 Å². The normalized spacial score (nSPS) is 14.9. The van der Waals surface area contributed by atoms with Gasteiger partial charge in [-0.2, -0.15) is 0 Å². The Labute approximate surface area is 125 Å². The zero-order valence-corrected chi connectivity index (χ0v) is 13.1. The molecule has 1 atom stereocenters. The van der Waals surface area contributed by atoms with Gasteiger partial charge in [-0.3, -0.25) is 4.79 Å². The molecule has 0 fully saturated rings. The second kappa shape index (κ2) is 7.14. The van der Waals surface area contributed by atoms with Crippen molar-refractivity contribution < 1.29 is 9.90 Å². The van der Waals surface area contributed by atoms with Gasteiger partial charge in [0.25, 0.3) is 0 Å². The van der Waals surface area contributed by atoms with Gasteiger partial charge in [-0.1, -0.05) is 6.07 Å². The number of carbonyl (C=O) groups is 1. The summed E-state index contributed by atoms with van der Waals surface area (Å²) in [5, 5.41) is 9.24. The zero-order chi connectivity index (χ0) is 14.5. The molecule has 0 saturated heterocycles.